The number of hydrogen-bond donors (Lipinski definition) is 1. The Kier molecular flexibility index (Phi) is 6.56. The van der Waals surface area contributed by atoms with E-state index in [1.165, 1.54) is 12.0 Å². The van der Waals surface area contributed by atoms with E-state index < -0.39 is 0 Å². The van der Waals surface area contributed by atoms with E-state index in [0.717, 1.165) is 5.56 Å². The van der Waals surface area contributed by atoms with Gasteiger partial charge in [-0.25, -0.2) is 0 Å². The Labute approximate surface area is 175 Å². The number of imide groups is 1. The van der Waals surface area contributed by atoms with Gasteiger partial charge >= 0.3 is 0 Å². The minimum atomic E-state index is -0.383. The standard InChI is InChI=1S/C22H23ClN2O4/c1-14-9-10-15(23)13-17(14)24-20-19(16-7-4-5-8-18(16)29-3)21(26)25(22(20)27)11-6-12-28-2/h4-5,7-10,13,24H,6,11-12H2,1-3H3. The highest BCUT2D eigenvalue weighted by atomic mass is 35.5. The van der Waals surface area contributed by atoms with Gasteiger partial charge in [-0.3, -0.25) is 14.5 Å². The predicted octanol–water partition coefficient (Wildman–Crippen LogP) is 3.89. The highest BCUT2D eigenvalue weighted by Crippen LogP contribution is 2.36. The van der Waals surface area contributed by atoms with Gasteiger partial charge in [-0.2, -0.15) is 0 Å². The molecule has 1 aliphatic rings. The highest BCUT2D eigenvalue weighted by molar-refractivity contribution is 6.37. The number of para-hydroxylation sites is 1. The molecule has 0 bridgehead atoms. The Hall–Kier alpha value is -2.83. The van der Waals surface area contributed by atoms with Crippen LogP contribution in [0.4, 0.5) is 5.69 Å². The summed E-state index contributed by atoms with van der Waals surface area (Å²) in [6.07, 6.45) is 0.552. The van der Waals surface area contributed by atoms with Gasteiger partial charge in [0, 0.05) is 36.5 Å². The van der Waals surface area contributed by atoms with Gasteiger partial charge in [0.2, 0.25) is 0 Å². The maximum atomic E-state index is 13.2. The SMILES string of the molecule is COCCCN1C(=O)C(Nc2cc(Cl)ccc2C)=C(c2ccccc2OC)C1=O. The molecule has 0 fully saturated rings. The summed E-state index contributed by atoms with van der Waals surface area (Å²) >= 11 is 6.13. The molecule has 0 unspecified atom stereocenters. The first-order valence-electron chi connectivity index (χ1n) is 9.24. The van der Waals surface area contributed by atoms with Crippen LogP contribution in [0.25, 0.3) is 5.57 Å². The fourth-order valence-corrected chi connectivity index (χ4v) is 3.40. The van der Waals surface area contributed by atoms with E-state index in [2.05, 4.69) is 5.32 Å². The van der Waals surface area contributed by atoms with Gasteiger partial charge in [-0.05, 0) is 37.1 Å². The van der Waals surface area contributed by atoms with Crippen LogP contribution in [0, 0.1) is 6.92 Å². The second kappa shape index (κ2) is 9.11. The van der Waals surface area contributed by atoms with E-state index in [0.29, 0.717) is 35.1 Å². The van der Waals surface area contributed by atoms with E-state index in [4.69, 9.17) is 21.1 Å². The number of nitrogens with one attached hydrogen (secondary N) is 1. The smallest absolute Gasteiger partial charge is 0.278 e. The number of carbonyl (C=O) groups is 2. The molecular weight excluding hydrogens is 392 g/mol. The third-order valence-corrected chi connectivity index (χ3v) is 4.97. The minimum absolute atomic E-state index is 0.210. The third kappa shape index (κ3) is 4.28. The zero-order valence-electron chi connectivity index (χ0n) is 16.6. The van der Waals surface area contributed by atoms with Crippen LogP contribution in [0.15, 0.2) is 48.2 Å². The van der Waals surface area contributed by atoms with Crippen molar-refractivity contribution in [2.75, 3.05) is 32.7 Å². The molecule has 0 saturated heterocycles. The van der Waals surface area contributed by atoms with Crippen LogP contribution in [0.3, 0.4) is 0 Å². The maximum Gasteiger partial charge on any atom is 0.278 e. The number of ether oxygens (including phenoxy) is 2. The fraction of sp³-hybridized carbons (Fsp3) is 0.273. The summed E-state index contributed by atoms with van der Waals surface area (Å²) in [5.41, 5.74) is 2.62. The Morgan fingerprint density at radius 3 is 2.55 bits per heavy atom. The van der Waals surface area contributed by atoms with Crippen LogP contribution in [0.2, 0.25) is 5.02 Å². The zero-order valence-corrected chi connectivity index (χ0v) is 17.4. The zero-order chi connectivity index (χ0) is 21.0. The number of carbonyl (C=O) groups excluding carboxylic acids is 2. The molecule has 1 N–H and O–H groups in total. The molecule has 6 nitrogen and oxygen atoms in total. The first kappa shape index (κ1) is 20.9. The lowest BCUT2D eigenvalue weighted by atomic mass is 10.0. The molecule has 2 aromatic carbocycles. The Bertz CT molecular complexity index is 971. The number of methoxy groups -OCH3 is 2. The molecule has 0 atom stereocenters. The summed E-state index contributed by atoms with van der Waals surface area (Å²) in [7, 11) is 3.12. The number of aryl methyl sites for hydroxylation is 1. The van der Waals surface area contributed by atoms with Gasteiger partial charge < -0.3 is 14.8 Å². The topological polar surface area (TPSA) is 67.9 Å². The van der Waals surface area contributed by atoms with E-state index in [1.54, 1.807) is 37.4 Å². The molecule has 29 heavy (non-hydrogen) atoms. The van der Waals surface area contributed by atoms with E-state index in [9.17, 15) is 9.59 Å². The van der Waals surface area contributed by atoms with Crippen LogP contribution >= 0.6 is 11.6 Å². The molecule has 152 valence electrons. The van der Waals surface area contributed by atoms with Gasteiger partial charge in [0.15, 0.2) is 0 Å². The van der Waals surface area contributed by atoms with E-state index in [1.807, 2.05) is 19.1 Å². The van der Waals surface area contributed by atoms with Gasteiger partial charge in [0.1, 0.15) is 11.4 Å². The van der Waals surface area contributed by atoms with Crippen molar-refractivity contribution in [3.05, 3.63) is 64.3 Å². The van der Waals surface area contributed by atoms with Crippen molar-refractivity contribution < 1.29 is 19.1 Å². The monoisotopic (exact) mass is 414 g/mol. The van der Waals surface area contributed by atoms with Crippen LogP contribution in [-0.4, -0.2) is 44.1 Å². The molecule has 0 saturated carbocycles. The minimum Gasteiger partial charge on any atom is -0.496 e. The summed E-state index contributed by atoms with van der Waals surface area (Å²) in [5.74, 6) is -0.228. The Balaban J connectivity index is 2.08. The lowest BCUT2D eigenvalue weighted by molar-refractivity contribution is -0.137. The third-order valence-electron chi connectivity index (χ3n) is 4.73. The van der Waals surface area contributed by atoms with Gasteiger partial charge in [0.25, 0.3) is 11.8 Å². The molecule has 0 aliphatic carbocycles. The van der Waals surface area contributed by atoms with Crippen LogP contribution in [-0.2, 0) is 14.3 Å². The first-order valence-corrected chi connectivity index (χ1v) is 9.61. The number of halogens is 1. The fourth-order valence-electron chi connectivity index (χ4n) is 3.23. The van der Waals surface area contributed by atoms with Gasteiger partial charge in [-0.15, -0.1) is 0 Å². The summed E-state index contributed by atoms with van der Waals surface area (Å²) < 4.78 is 10.5. The number of anilines is 1. The normalized spacial score (nSPS) is 14.0. The van der Waals surface area contributed by atoms with Crippen molar-refractivity contribution in [3.8, 4) is 5.75 Å². The number of amides is 2. The molecule has 2 amide bonds. The van der Waals surface area contributed by atoms with Crippen molar-refractivity contribution in [3.63, 3.8) is 0 Å². The summed E-state index contributed by atoms with van der Waals surface area (Å²) in [6, 6.07) is 12.5. The molecule has 0 radical (unpaired) electrons. The van der Waals surface area contributed by atoms with Gasteiger partial charge in [-0.1, -0.05) is 35.9 Å². The molecule has 0 spiro atoms. The second-order valence-electron chi connectivity index (χ2n) is 6.64. The molecule has 1 heterocycles. The molecule has 2 aromatic rings. The van der Waals surface area contributed by atoms with Crippen molar-refractivity contribution in [1.29, 1.82) is 0 Å². The summed E-state index contributed by atoms with van der Waals surface area (Å²) in [4.78, 5) is 27.6. The van der Waals surface area contributed by atoms with E-state index >= 15 is 0 Å². The maximum absolute atomic E-state index is 13.2. The Morgan fingerprint density at radius 2 is 1.83 bits per heavy atom. The molecule has 7 heteroatoms. The van der Waals surface area contributed by atoms with Crippen molar-refractivity contribution in [2.45, 2.75) is 13.3 Å². The molecular formula is C22H23ClN2O4. The average molecular weight is 415 g/mol. The molecule has 3 rings (SSSR count). The average Bonchev–Trinajstić information content (AvgIpc) is 2.95. The lowest BCUT2D eigenvalue weighted by Gasteiger charge is -2.15. The molecule has 1 aliphatic heterocycles. The number of rotatable bonds is 8. The van der Waals surface area contributed by atoms with E-state index in [-0.39, 0.29) is 29.6 Å². The van der Waals surface area contributed by atoms with Crippen molar-refractivity contribution >= 4 is 34.7 Å². The quantitative estimate of drug-likeness (QED) is 0.524. The van der Waals surface area contributed by atoms with Crippen LogP contribution < -0.4 is 10.1 Å². The van der Waals surface area contributed by atoms with Crippen molar-refractivity contribution in [1.82, 2.24) is 4.90 Å². The molecule has 0 aromatic heterocycles. The number of hydrogen-bond acceptors (Lipinski definition) is 5. The summed E-state index contributed by atoms with van der Waals surface area (Å²) in [5, 5.41) is 3.68. The number of benzene rings is 2. The largest absolute Gasteiger partial charge is 0.496 e. The van der Waals surface area contributed by atoms with Gasteiger partial charge in [0.05, 0.1) is 12.7 Å². The predicted molar refractivity (Wildman–Crippen MR) is 113 cm³/mol. The van der Waals surface area contributed by atoms with Crippen LogP contribution in [0.1, 0.15) is 17.5 Å². The first-order chi connectivity index (χ1) is 14.0. The number of nitrogens with zero attached hydrogens (tertiary/aromatic N) is 1. The Morgan fingerprint density at radius 1 is 1.07 bits per heavy atom. The second-order valence-corrected chi connectivity index (χ2v) is 7.08. The van der Waals surface area contributed by atoms with Crippen molar-refractivity contribution in [2.24, 2.45) is 0 Å². The lowest BCUT2D eigenvalue weighted by Crippen LogP contribution is -2.34. The van der Waals surface area contributed by atoms with Crippen LogP contribution in [0.5, 0.6) is 5.75 Å². The summed E-state index contributed by atoms with van der Waals surface area (Å²) in [6.45, 7) is 2.63. The highest BCUT2D eigenvalue weighted by Gasteiger charge is 2.40.